The average Bonchev–Trinajstić information content (AvgIpc) is 2.63. The van der Waals surface area contributed by atoms with Gasteiger partial charge in [-0.3, -0.25) is 4.18 Å². The predicted molar refractivity (Wildman–Crippen MR) is 103 cm³/mol. The lowest BCUT2D eigenvalue weighted by atomic mass is 9.78. The summed E-state index contributed by atoms with van der Waals surface area (Å²) in [7, 11) is -3.41. The molecule has 3 fully saturated rings. The lowest BCUT2D eigenvalue weighted by Crippen LogP contribution is -2.36. The van der Waals surface area contributed by atoms with Crippen LogP contribution >= 0.6 is 0 Å². The summed E-state index contributed by atoms with van der Waals surface area (Å²) in [6.07, 6.45) is 17.2. The summed E-state index contributed by atoms with van der Waals surface area (Å²) in [5.74, 6) is 1.82. The first-order valence-corrected chi connectivity index (χ1v) is 12.4. The van der Waals surface area contributed by atoms with Gasteiger partial charge >= 0.3 is 0 Å². The van der Waals surface area contributed by atoms with Crippen molar-refractivity contribution >= 4 is 10.1 Å². The van der Waals surface area contributed by atoms with Crippen LogP contribution in [0.1, 0.15) is 103 Å². The van der Waals surface area contributed by atoms with E-state index in [0.717, 1.165) is 44.9 Å². The van der Waals surface area contributed by atoms with Gasteiger partial charge in [-0.25, -0.2) is 0 Å². The smallest absolute Gasteiger partial charge is 0.266 e. The molecular weight excluding hydrogens is 332 g/mol. The van der Waals surface area contributed by atoms with E-state index in [-0.39, 0.29) is 11.4 Å². The lowest BCUT2D eigenvalue weighted by molar-refractivity contribution is 0.0802. The largest absolute Gasteiger partial charge is 0.270 e. The van der Waals surface area contributed by atoms with Crippen molar-refractivity contribution < 1.29 is 12.6 Å². The molecule has 0 spiro atoms. The molecule has 25 heavy (non-hydrogen) atoms. The molecule has 0 N–H and O–H groups in total. The summed E-state index contributed by atoms with van der Waals surface area (Å²) >= 11 is 0. The molecule has 4 heteroatoms. The van der Waals surface area contributed by atoms with E-state index < -0.39 is 10.1 Å². The van der Waals surface area contributed by atoms with Crippen molar-refractivity contribution in [2.24, 2.45) is 17.8 Å². The monoisotopic (exact) mass is 370 g/mol. The summed E-state index contributed by atoms with van der Waals surface area (Å²) in [6.45, 7) is 2.23. The second kappa shape index (κ2) is 9.21. The quantitative estimate of drug-likeness (QED) is 0.552. The highest BCUT2D eigenvalue weighted by Crippen LogP contribution is 2.37. The summed E-state index contributed by atoms with van der Waals surface area (Å²) in [5, 5.41) is -0.249. The van der Waals surface area contributed by atoms with E-state index in [1.807, 2.05) is 0 Å². The summed E-state index contributed by atoms with van der Waals surface area (Å²) in [5.41, 5.74) is 0. The molecule has 3 nitrogen and oxygen atoms in total. The Hall–Kier alpha value is -0.0900. The van der Waals surface area contributed by atoms with Crippen molar-refractivity contribution in [1.29, 1.82) is 0 Å². The molecule has 1 unspecified atom stereocenters. The molecule has 146 valence electrons. The first-order chi connectivity index (χ1) is 12.0. The topological polar surface area (TPSA) is 43.4 Å². The minimum Gasteiger partial charge on any atom is -0.266 e. The van der Waals surface area contributed by atoms with Crippen LogP contribution in [0.25, 0.3) is 0 Å². The molecule has 0 bridgehead atoms. The van der Waals surface area contributed by atoms with Gasteiger partial charge in [0.25, 0.3) is 10.1 Å². The Bertz CT molecular complexity index is 481. The number of hydrogen-bond acceptors (Lipinski definition) is 3. The van der Waals surface area contributed by atoms with Crippen LogP contribution in [-0.2, 0) is 14.3 Å². The van der Waals surface area contributed by atoms with E-state index in [9.17, 15) is 8.42 Å². The molecular formula is C21H38O3S. The van der Waals surface area contributed by atoms with Gasteiger partial charge in [0.05, 0.1) is 11.4 Å². The zero-order valence-electron chi connectivity index (χ0n) is 16.1. The van der Waals surface area contributed by atoms with Crippen LogP contribution in [-0.4, -0.2) is 19.8 Å². The van der Waals surface area contributed by atoms with E-state index in [1.165, 1.54) is 51.4 Å². The Kier molecular flexibility index (Phi) is 7.25. The van der Waals surface area contributed by atoms with E-state index >= 15 is 0 Å². The maximum absolute atomic E-state index is 13.0. The minimum absolute atomic E-state index is 0.0484. The molecule has 3 rings (SSSR count). The van der Waals surface area contributed by atoms with Crippen LogP contribution < -0.4 is 0 Å². The van der Waals surface area contributed by atoms with Crippen molar-refractivity contribution in [1.82, 2.24) is 0 Å². The van der Waals surface area contributed by atoms with Gasteiger partial charge in [0.2, 0.25) is 0 Å². The van der Waals surface area contributed by atoms with Crippen LogP contribution in [0.2, 0.25) is 0 Å². The van der Waals surface area contributed by atoms with Crippen LogP contribution in [0.15, 0.2) is 0 Å². The maximum atomic E-state index is 13.0. The standard InChI is InChI=1S/C21H38O3S/c1-17-12-14-20(15-13-17)25(22,23)24-21(19-10-6-3-7-11-19)16-18-8-4-2-5-9-18/h17-21H,2-16H2,1H3. The number of hydrogen-bond donors (Lipinski definition) is 0. The van der Waals surface area contributed by atoms with Gasteiger partial charge in [-0.2, -0.15) is 8.42 Å². The normalized spacial score (nSPS) is 31.7. The second-order valence-electron chi connectivity index (χ2n) is 9.15. The van der Waals surface area contributed by atoms with Crippen LogP contribution in [0.5, 0.6) is 0 Å². The predicted octanol–water partition coefficient (Wildman–Crippen LogP) is 5.83. The fourth-order valence-corrected chi connectivity index (χ4v) is 6.92. The Morgan fingerprint density at radius 3 is 1.96 bits per heavy atom. The summed E-state index contributed by atoms with van der Waals surface area (Å²) < 4.78 is 32.0. The Morgan fingerprint density at radius 2 is 1.36 bits per heavy atom. The minimum atomic E-state index is -3.41. The van der Waals surface area contributed by atoms with Crippen LogP contribution in [0, 0.1) is 17.8 Å². The Labute approximate surface area is 155 Å². The highest BCUT2D eigenvalue weighted by atomic mass is 32.2. The summed E-state index contributed by atoms with van der Waals surface area (Å²) in [6, 6.07) is 0. The second-order valence-corrected chi connectivity index (χ2v) is 11.0. The van der Waals surface area contributed by atoms with Crippen molar-refractivity contribution in [2.75, 3.05) is 0 Å². The van der Waals surface area contributed by atoms with Gasteiger partial charge in [0.15, 0.2) is 0 Å². The molecule has 0 aliphatic heterocycles. The van der Waals surface area contributed by atoms with Gasteiger partial charge < -0.3 is 0 Å². The Morgan fingerprint density at radius 1 is 0.800 bits per heavy atom. The molecule has 0 heterocycles. The molecule has 3 aliphatic carbocycles. The van der Waals surface area contributed by atoms with Gasteiger partial charge in [0, 0.05) is 0 Å². The SMILES string of the molecule is CC1CCC(S(=O)(=O)OC(CC2CCCCC2)C2CCCCC2)CC1. The van der Waals surface area contributed by atoms with Gasteiger partial charge in [-0.1, -0.05) is 58.3 Å². The zero-order valence-corrected chi connectivity index (χ0v) is 16.9. The molecule has 0 aromatic rings. The van der Waals surface area contributed by atoms with Gasteiger partial charge in [-0.05, 0) is 62.7 Å². The first-order valence-electron chi connectivity index (χ1n) is 11.0. The van der Waals surface area contributed by atoms with Gasteiger partial charge in [0.1, 0.15) is 0 Å². The molecule has 0 saturated heterocycles. The number of rotatable bonds is 6. The third-order valence-corrected chi connectivity index (χ3v) is 8.90. The molecule has 3 saturated carbocycles. The summed E-state index contributed by atoms with van der Waals surface area (Å²) in [4.78, 5) is 0. The third-order valence-electron chi connectivity index (χ3n) is 7.09. The van der Waals surface area contributed by atoms with E-state index in [2.05, 4.69) is 6.92 Å². The zero-order chi connectivity index (χ0) is 17.7. The lowest BCUT2D eigenvalue weighted by Gasteiger charge is -2.35. The van der Waals surface area contributed by atoms with Crippen LogP contribution in [0.3, 0.4) is 0 Å². The molecule has 1 atom stereocenters. The molecule has 3 aliphatic rings. The van der Waals surface area contributed by atoms with E-state index in [0.29, 0.717) is 17.8 Å². The van der Waals surface area contributed by atoms with Crippen molar-refractivity contribution in [2.45, 2.75) is 115 Å². The van der Waals surface area contributed by atoms with Crippen molar-refractivity contribution in [3.63, 3.8) is 0 Å². The fourth-order valence-electron chi connectivity index (χ4n) is 5.34. The first kappa shape index (κ1) is 19.7. The highest BCUT2D eigenvalue weighted by molar-refractivity contribution is 7.87. The van der Waals surface area contributed by atoms with Gasteiger partial charge in [-0.15, -0.1) is 0 Å². The maximum Gasteiger partial charge on any atom is 0.270 e. The Balaban J connectivity index is 1.64. The molecule has 0 amide bonds. The fraction of sp³-hybridized carbons (Fsp3) is 1.00. The third kappa shape index (κ3) is 5.69. The molecule has 0 aromatic heterocycles. The van der Waals surface area contributed by atoms with E-state index in [4.69, 9.17) is 4.18 Å². The average molecular weight is 371 g/mol. The van der Waals surface area contributed by atoms with Crippen LogP contribution in [0.4, 0.5) is 0 Å². The van der Waals surface area contributed by atoms with Crippen molar-refractivity contribution in [3.8, 4) is 0 Å². The van der Waals surface area contributed by atoms with Crippen molar-refractivity contribution in [3.05, 3.63) is 0 Å². The molecule has 0 aromatic carbocycles. The highest BCUT2D eigenvalue weighted by Gasteiger charge is 2.36. The molecule has 0 radical (unpaired) electrons. The van der Waals surface area contributed by atoms with E-state index in [1.54, 1.807) is 0 Å².